The van der Waals surface area contributed by atoms with Crippen LogP contribution < -0.4 is 43.8 Å². The summed E-state index contributed by atoms with van der Waals surface area (Å²) < 4.78 is 0. The first-order valence-electron chi connectivity index (χ1n) is 11.0. The number of primary amides is 1. The maximum atomic E-state index is 11.4. The Kier molecular flexibility index (Phi) is 6.47. The maximum absolute atomic E-state index is 11.4. The van der Waals surface area contributed by atoms with Crippen molar-refractivity contribution in [1.29, 1.82) is 0 Å². The van der Waals surface area contributed by atoms with Crippen molar-refractivity contribution in [3.05, 3.63) is 42.0 Å². The van der Waals surface area contributed by atoms with E-state index in [1.54, 1.807) is 24.3 Å². The highest BCUT2D eigenvalue weighted by atomic mass is 16.1. The summed E-state index contributed by atoms with van der Waals surface area (Å²) in [6.45, 7) is 2.83. The Balaban J connectivity index is 1.65. The van der Waals surface area contributed by atoms with Crippen LogP contribution in [0.1, 0.15) is 23.2 Å². The average molecular weight is 440 g/mol. The maximum Gasteiger partial charge on any atom is 0.248 e. The van der Waals surface area contributed by atoms with Crippen molar-refractivity contribution in [2.75, 3.05) is 41.3 Å². The number of anilines is 4. The highest BCUT2D eigenvalue weighted by molar-refractivity contribution is 5.93. The fourth-order valence-corrected chi connectivity index (χ4v) is 4.53. The molecule has 2 aliphatic rings. The van der Waals surface area contributed by atoms with Crippen LogP contribution in [0.15, 0.2) is 36.4 Å². The first-order chi connectivity index (χ1) is 15.3. The topological polar surface area (TPSA) is 179 Å². The first-order valence-corrected chi connectivity index (χ1v) is 11.0. The van der Waals surface area contributed by atoms with Gasteiger partial charge >= 0.3 is 0 Å². The molecule has 0 saturated carbocycles. The number of piperidine rings is 2. The lowest BCUT2D eigenvalue weighted by atomic mass is 10.0. The minimum atomic E-state index is -0.463. The van der Waals surface area contributed by atoms with Crippen LogP contribution in [0, 0.1) is 0 Å². The van der Waals surface area contributed by atoms with Crippen molar-refractivity contribution in [2.24, 2.45) is 28.7 Å². The second-order valence-electron chi connectivity index (χ2n) is 8.96. The molecular formula is C22H33N9O. The minimum absolute atomic E-state index is 0.00112. The van der Waals surface area contributed by atoms with Gasteiger partial charge in [-0.15, -0.1) is 0 Å². The molecule has 1 aromatic heterocycles. The van der Waals surface area contributed by atoms with Gasteiger partial charge in [0.15, 0.2) is 0 Å². The standard InChI is InChI=1S/C22H33N9O/c23-14-5-15(24)10-30(9-14)19-7-20(28-18-3-1-13(2-4-18)22(27)32)29-21(8-19)31-11-16(25)6-17(26)12-31/h1-4,7-8,14-17H,5-6,9-12,23-26H2,(H2,27,32)(H,28,29)/t14-,15+,16-,17+. The lowest BCUT2D eigenvalue weighted by Gasteiger charge is -2.38. The van der Waals surface area contributed by atoms with Crippen LogP contribution in [-0.2, 0) is 0 Å². The van der Waals surface area contributed by atoms with E-state index < -0.39 is 5.91 Å². The number of nitrogens with zero attached hydrogens (tertiary/aromatic N) is 3. The molecule has 2 aromatic rings. The lowest BCUT2D eigenvalue weighted by molar-refractivity contribution is 0.100. The molecule has 4 atom stereocenters. The summed E-state index contributed by atoms with van der Waals surface area (Å²) in [5.41, 5.74) is 32.5. The van der Waals surface area contributed by atoms with Gasteiger partial charge in [0.1, 0.15) is 11.6 Å². The molecule has 0 bridgehead atoms. The van der Waals surface area contributed by atoms with Crippen LogP contribution in [0.3, 0.4) is 0 Å². The second kappa shape index (κ2) is 9.29. The molecule has 2 fully saturated rings. The molecule has 3 heterocycles. The molecule has 172 valence electrons. The van der Waals surface area contributed by atoms with Gasteiger partial charge in [-0.1, -0.05) is 0 Å². The van der Waals surface area contributed by atoms with E-state index in [0.717, 1.165) is 43.1 Å². The first kappa shape index (κ1) is 22.3. The number of carbonyl (C=O) groups is 1. The van der Waals surface area contributed by atoms with Crippen molar-refractivity contribution < 1.29 is 4.79 Å². The molecule has 10 nitrogen and oxygen atoms in total. The number of nitrogens with one attached hydrogen (secondary N) is 1. The third-order valence-electron chi connectivity index (χ3n) is 5.96. The van der Waals surface area contributed by atoms with E-state index in [1.807, 2.05) is 6.07 Å². The Morgan fingerprint density at radius 1 is 0.844 bits per heavy atom. The molecule has 1 aromatic carbocycles. The predicted octanol–water partition coefficient (Wildman–Crippen LogP) is -0.346. The number of rotatable bonds is 5. The SMILES string of the molecule is NC(=O)c1ccc(Nc2cc(N3C[C@H](N)C[C@H](N)C3)cc(N3C[C@H](N)C[C@H](N)C3)n2)cc1. The van der Waals surface area contributed by atoms with Crippen molar-refractivity contribution in [1.82, 2.24) is 4.98 Å². The third-order valence-corrected chi connectivity index (χ3v) is 5.96. The fourth-order valence-electron chi connectivity index (χ4n) is 4.53. The Morgan fingerprint density at radius 2 is 1.38 bits per heavy atom. The molecule has 2 saturated heterocycles. The van der Waals surface area contributed by atoms with Crippen molar-refractivity contribution in [3.8, 4) is 0 Å². The van der Waals surface area contributed by atoms with Crippen LogP contribution in [0.2, 0.25) is 0 Å². The zero-order valence-electron chi connectivity index (χ0n) is 18.2. The monoisotopic (exact) mass is 439 g/mol. The fraction of sp³-hybridized carbons (Fsp3) is 0.455. The molecule has 2 aliphatic heterocycles. The van der Waals surface area contributed by atoms with Gasteiger partial charge in [-0.3, -0.25) is 4.79 Å². The number of nitrogens with two attached hydrogens (primary N) is 5. The summed E-state index contributed by atoms with van der Waals surface area (Å²) in [7, 11) is 0. The largest absolute Gasteiger partial charge is 0.368 e. The number of pyridine rings is 1. The molecular weight excluding hydrogens is 406 g/mol. The van der Waals surface area contributed by atoms with Crippen LogP contribution in [0.4, 0.5) is 23.0 Å². The molecule has 0 radical (unpaired) electrons. The van der Waals surface area contributed by atoms with E-state index in [0.29, 0.717) is 24.5 Å². The Labute approximate surface area is 188 Å². The number of amides is 1. The van der Waals surface area contributed by atoms with Crippen LogP contribution in [-0.4, -0.2) is 61.2 Å². The molecule has 4 rings (SSSR count). The zero-order valence-corrected chi connectivity index (χ0v) is 18.2. The molecule has 0 unspecified atom stereocenters. The molecule has 1 amide bonds. The van der Waals surface area contributed by atoms with Gasteiger partial charge in [0.2, 0.25) is 5.91 Å². The van der Waals surface area contributed by atoms with E-state index >= 15 is 0 Å². The van der Waals surface area contributed by atoms with Gasteiger partial charge in [0.25, 0.3) is 0 Å². The molecule has 32 heavy (non-hydrogen) atoms. The van der Waals surface area contributed by atoms with Gasteiger partial charge in [-0.25, -0.2) is 4.98 Å². The summed E-state index contributed by atoms with van der Waals surface area (Å²) in [6, 6.07) is 11.0. The number of hydrogen-bond acceptors (Lipinski definition) is 9. The van der Waals surface area contributed by atoms with Crippen LogP contribution in [0.5, 0.6) is 0 Å². The smallest absolute Gasteiger partial charge is 0.248 e. The van der Waals surface area contributed by atoms with E-state index in [2.05, 4.69) is 21.2 Å². The van der Waals surface area contributed by atoms with Crippen LogP contribution >= 0.6 is 0 Å². The lowest BCUT2D eigenvalue weighted by Crippen LogP contribution is -2.53. The molecule has 0 spiro atoms. The number of hydrogen-bond donors (Lipinski definition) is 6. The quantitative estimate of drug-likeness (QED) is 0.363. The molecule has 11 N–H and O–H groups in total. The highest BCUT2D eigenvalue weighted by Crippen LogP contribution is 2.29. The number of benzene rings is 1. The minimum Gasteiger partial charge on any atom is -0.368 e. The van der Waals surface area contributed by atoms with E-state index in [9.17, 15) is 4.79 Å². The van der Waals surface area contributed by atoms with Crippen molar-refractivity contribution >= 4 is 28.9 Å². The van der Waals surface area contributed by atoms with E-state index in [-0.39, 0.29) is 24.2 Å². The summed E-state index contributed by atoms with van der Waals surface area (Å²) in [4.78, 5) is 20.5. The Hall–Kier alpha value is -2.92. The highest BCUT2D eigenvalue weighted by Gasteiger charge is 2.27. The predicted molar refractivity (Wildman–Crippen MR) is 128 cm³/mol. The van der Waals surface area contributed by atoms with Gasteiger partial charge in [-0.2, -0.15) is 0 Å². The average Bonchev–Trinajstić information content (AvgIpc) is 2.72. The third kappa shape index (κ3) is 5.28. The number of aromatic nitrogens is 1. The summed E-state index contributed by atoms with van der Waals surface area (Å²) in [6.07, 6.45) is 1.60. The molecule has 10 heteroatoms. The summed E-state index contributed by atoms with van der Waals surface area (Å²) >= 11 is 0. The van der Waals surface area contributed by atoms with Gasteiger partial charge in [-0.05, 0) is 37.1 Å². The normalized spacial score (nSPS) is 26.1. The van der Waals surface area contributed by atoms with Gasteiger partial charge in [0, 0.05) is 79.4 Å². The van der Waals surface area contributed by atoms with Gasteiger partial charge in [0.05, 0.1) is 0 Å². The van der Waals surface area contributed by atoms with Crippen LogP contribution in [0.25, 0.3) is 0 Å². The van der Waals surface area contributed by atoms with Crippen molar-refractivity contribution in [2.45, 2.75) is 37.0 Å². The Bertz CT molecular complexity index is 887. The summed E-state index contributed by atoms with van der Waals surface area (Å²) in [5, 5.41) is 3.33. The Morgan fingerprint density at radius 3 is 1.91 bits per heavy atom. The second-order valence-corrected chi connectivity index (χ2v) is 8.96. The molecule has 0 aliphatic carbocycles. The van der Waals surface area contributed by atoms with E-state index in [1.165, 1.54) is 0 Å². The number of carbonyl (C=O) groups excluding carboxylic acids is 1. The van der Waals surface area contributed by atoms with Crippen molar-refractivity contribution in [3.63, 3.8) is 0 Å². The zero-order chi connectivity index (χ0) is 22.8. The van der Waals surface area contributed by atoms with Gasteiger partial charge < -0.3 is 43.8 Å². The summed E-state index contributed by atoms with van der Waals surface area (Å²) in [5.74, 6) is 1.01. The van der Waals surface area contributed by atoms with E-state index in [4.69, 9.17) is 33.7 Å².